The van der Waals surface area contributed by atoms with Gasteiger partial charge in [0.05, 0.1) is 0 Å². The predicted octanol–water partition coefficient (Wildman–Crippen LogP) is 0.822. The van der Waals surface area contributed by atoms with Gasteiger partial charge in [0.1, 0.15) is 0 Å². The fourth-order valence-corrected chi connectivity index (χ4v) is 0.431. The van der Waals surface area contributed by atoms with E-state index >= 15 is 0 Å². The van der Waals surface area contributed by atoms with Crippen LogP contribution in [0.2, 0.25) is 0 Å². The van der Waals surface area contributed by atoms with Gasteiger partial charge in [0.15, 0.2) is 0 Å². The third-order valence-corrected chi connectivity index (χ3v) is 0.737. The van der Waals surface area contributed by atoms with Crippen molar-refractivity contribution in [2.24, 2.45) is 0 Å². The van der Waals surface area contributed by atoms with Gasteiger partial charge < -0.3 is 4.72 Å². The minimum atomic E-state index is 0. The predicted molar refractivity (Wildman–Crippen MR) is 34.6 cm³/mol. The summed E-state index contributed by atoms with van der Waals surface area (Å²) in [5, 5.41) is 0. The average molecular weight is 142 g/mol. The summed E-state index contributed by atoms with van der Waals surface area (Å²) in [6.45, 7) is 1.48. The number of hydrogen-bond donors (Lipinski definition) is 1. The van der Waals surface area contributed by atoms with Crippen molar-refractivity contribution in [2.45, 2.75) is 6.92 Å². The minimum absolute atomic E-state index is 0. The van der Waals surface area contributed by atoms with Crippen LogP contribution in [0.1, 0.15) is 6.92 Å². The first-order valence-corrected chi connectivity index (χ1v) is 2.79. The molecule has 0 radical (unpaired) electrons. The first-order valence-electron chi connectivity index (χ1n) is 1.57. The Morgan fingerprint density at radius 1 is 1.71 bits per heavy atom. The summed E-state index contributed by atoms with van der Waals surface area (Å²) in [5.41, 5.74) is 0. The van der Waals surface area contributed by atoms with Crippen molar-refractivity contribution in [1.29, 1.82) is 0 Å². The lowest BCUT2D eigenvalue weighted by Crippen LogP contribution is -2.08. The zero-order valence-corrected chi connectivity index (χ0v) is 5.86. The Balaban J connectivity index is 0. The zero-order valence-electron chi connectivity index (χ0n) is 4.22. The van der Waals surface area contributed by atoms with Crippen LogP contribution >= 0.6 is 24.4 Å². The maximum atomic E-state index is 9.91. The topological polar surface area (TPSA) is 29.1 Å². The molecule has 44 valence electrons. The van der Waals surface area contributed by atoms with Gasteiger partial charge in [-0.15, -0.1) is 12.4 Å². The summed E-state index contributed by atoms with van der Waals surface area (Å²) in [6.07, 6.45) is 1.81. The van der Waals surface area contributed by atoms with Crippen molar-refractivity contribution >= 4 is 30.3 Å². The lowest BCUT2D eigenvalue weighted by Gasteiger charge is -1.87. The van der Waals surface area contributed by atoms with Crippen molar-refractivity contribution < 1.29 is 4.79 Å². The molecular formula is C3H8ClNOS. The van der Waals surface area contributed by atoms with Gasteiger partial charge in [-0.25, -0.2) is 0 Å². The number of amides is 1. The van der Waals surface area contributed by atoms with Crippen LogP contribution in [-0.4, -0.2) is 12.2 Å². The Bertz CT molecular complexity index is 58.9. The Morgan fingerprint density at radius 2 is 2.14 bits per heavy atom. The van der Waals surface area contributed by atoms with Crippen LogP contribution in [0.25, 0.3) is 0 Å². The quantitative estimate of drug-likeness (QED) is 0.548. The van der Waals surface area contributed by atoms with E-state index in [-0.39, 0.29) is 18.3 Å². The molecule has 0 aromatic carbocycles. The monoisotopic (exact) mass is 141 g/mol. The van der Waals surface area contributed by atoms with Crippen LogP contribution in [0.5, 0.6) is 0 Å². The van der Waals surface area contributed by atoms with Gasteiger partial charge in [-0.1, -0.05) is 11.9 Å². The van der Waals surface area contributed by atoms with Gasteiger partial charge in [-0.3, -0.25) is 4.79 Å². The van der Waals surface area contributed by atoms with E-state index in [1.165, 1.54) is 18.9 Å². The molecule has 0 aliphatic heterocycles. The third kappa shape index (κ3) is 10.7. The van der Waals surface area contributed by atoms with Crippen molar-refractivity contribution in [1.82, 2.24) is 4.72 Å². The van der Waals surface area contributed by atoms with Crippen LogP contribution < -0.4 is 4.72 Å². The largest absolute Gasteiger partial charge is 0.301 e. The Hall–Kier alpha value is 0.110. The maximum absolute atomic E-state index is 9.91. The highest BCUT2D eigenvalue weighted by Crippen LogP contribution is 1.77. The van der Waals surface area contributed by atoms with Crippen molar-refractivity contribution in [3.05, 3.63) is 0 Å². The third-order valence-electron chi connectivity index (χ3n) is 0.246. The van der Waals surface area contributed by atoms with E-state index < -0.39 is 0 Å². The number of halogens is 1. The smallest absolute Gasteiger partial charge is 0.226 e. The summed E-state index contributed by atoms with van der Waals surface area (Å²) >= 11 is 1.31. The normalized spacial score (nSPS) is 6.57. The Labute approximate surface area is 53.6 Å². The molecule has 1 amide bonds. The van der Waals surface area contributed by atoms with E-state index in [2.05, 4.69) is 4.72 Å². The van der Waals surface area contributed by atoms with Crippen molar-refractivity contribution in [3.8, 4) is 0 Å². The van der Waals surface area contributed by atoms with Crippen LogP contribution in [0.4, 0.5) is 0 Å². The van der Waals surface area contributed by atoms with Gasteiger partial charge in [0, 0.05) is 13.2 Å². The molecule has 0 rings (SSSR count). The molecule has 0 saturated carbocycles. The molecule has 0 spiro atoms. The molecule has 7 heavy (non-hydrogen) atoms. The molecule has 0 aromatic rings. The maximum Gasteiger partial charge on any atom is 0.226 e. The number of hydrogen-bond acceptors (Lipinski definition) is 2. The summed E-state index contributed by atoms with van der Waals surface area (Å²) in [4.78, 5) is 9.91. The highest BCUT2D eigenvalue weighted by Gasteiger charge is 1.79. The van der Waals surface area contributed by atoms with Crippen molar-refractivity contribution in [2.75, 3.05) is 6.26 Å². The fraction of sp³-hybridized carbons (Fsp3) is 0.667. The second kappa shape index (κ2) is 6.11. The molecule has 0 fully saturated rings. The Kier molecular flexibility index (Phi) is 8.87. The van der Waals surface area contributed by atoms with Gasteiger partial charge in [0.25, 0.3) is 0 Å². The second-order valence-electron chi connectivity index (χ2n) is 0.862. The number of carbonyl (C=O) groups is 1. The highest BCUT2D eigenvalue weighted by molar-refractivity contribution is 7.97. The van der Waals surface area contributed by atoms with Crippen LogP contribution in [0, 0.1) is 0 Å². The number of rotatable bonds is 1. The molecule has 2 nitrogen and oxygen atoms in total. The standard InChI is InChI=1S/C3H7NOS.ClH/c1-3(5)4-6-2;/h1-2H3,(H,4,5);1H. The van der Waals surface area contributed by atoms with E-state index in [0.717, 1.165) is 0 Å². The highest BCUT2D eigenvalue weighted by atomic mass is 35.5. The lowest BCUT2D eigenvalue weighted by atomic mass is 10.8. The summed E-state index contributed by atoms with van der Waals surface area (Å²) in [7, 11) is 0. The summed E-state index contributed by atoms with van der Waals surface area (Å²) in [5.74, 6) is 0.00231. The molecule has 0 aromatic heterocycles. The first kappa shape index (κ1) is 10.2. The summed E-state index contributed by atoms with van der Waals surface area (Å²) in [6, 6.07) is 0. The molecule has 1 N–H and O–H groups in total. The van der Waals surface area contributed by atoms with E-state index in [1.807, 2.05) is 0 Å². The zero-order chi connectivity index (χ0) is 4.99. The lowest BCUT2D eigenvalue weighted by molar-refractivity contribution is -0.117. The molecule has 0 saturated heterocycles. The summed E-state index contributed by atoms with van der Waals surface area (Å²) < 4.78 is 2.49. The average Bonchev–Trinajstić information content (AvgIpc) is 1.35. The van der Waals surface area contributed by atoms with Crippen molar-refractivity contribution in [3.63, 3.8) is 0 Å². The molecule has 0 atom stereocenters. The first-order chi connectivity index (χ1) is 2.77. The Morgan fingerprint density at radius 3 is 2.14 bits per heavy atom. The second-order valence-corrected chi connectivity index (χ2v) is 1.47. The van der Waals surface area contributed by atoms with Crippen LogP contribution in [-0.2, 0) is 4.79 Å². The van der Waals surface area contributed by atoms with E-state index in [1.54, 1.807) is 6.26 Å². The van der Waals surface area contributed by atoms with Crippen LogP contribution in [0.3, 0.4) is 0 Å². The van der Waals surface area contributed by atoms with E-state index in [4.69, 9.17) is 0 Å². The van der Waals surface area contributed by atoms with E-state index in [0.29, 0.717) is 0 Å². The van der Waals surface area contributed by atoms with Gasteiger partial charge >= 0.3 is 0 Å². The van der Waals surface area contributed by atoms with Gasteiger partial charge in [0.2, 0.25) is 5.91 Å². The molecular weight excluding hydrogens is 134 g/mol. The molecule has 0 heterocycles. The fourth-order valence-electron chi connectivity index (χ4n) is 0.144. The molecule has 0 aliphatic carbocycles. The minimum Gasteiger partial charge on any atom is -0.301 e. The number of carbonyl (C=O) groups excluding carboxylic acids is 1. The van der Waals surface area contributed by atoms with Gasteiger partial charge in [-0.05, 0) is 0 Å². The molecule has 0 unspecified atom stereocenters. The van der Waals surface area contributed by atoms with Gasteiger partial charge in [-0.2, -0.15) is 0 Å². The molecule has 4 heteroatoms. The molecule has 0 aliphatic rings. The number of nitrogens with one attached hydrogen (secondary N) is 1. The molecule has 0 bridgehead atoms. The SMILES string of the molecule is CSNC(C)=O.Cl. The van der Waals surface area contributed by atoms with Crippen LogP contribution in [0.15, 0.2) is 0 Å². The van der Waals surface area contributed by atoms with E-state index in [9.17, 15) is 4.79 Å².